The summed E-state index contributed by atoms with van der Waals surface area (Å²) in [6.07, 6.45) is 1.58. The molecule has 116 valence electrons. The first-order valence-corrected chi connectivity index (χ1v) is 7.20. The van der Waals surface area contributed by atoms with Gasteiger partial charge in [0, 0.05) is 12.1 Å². The highest BCUT2D eigenvalue weighted by Crippen LogP contribution is 2.22. The average Bonchev–Trinajstić information content (AvgIpc) is 3.00. The Labute approximate surface area is 127 Å². The van der Waals surface area contributed by atoms with E-state index in [2.05, 4.69) is 5.32 Å². The number of rotatable bonds is 4. The van der Waals surface area contributed by atoms with Crippen LogP contribution in [0.2, 0.25) is 0 Å². The van der Waals surface area contributed by atoms with E-state index in [4.69, 9.17) is 10.5 Å². The summed E-state index contributed by atoms with van der Waals surface area (Å²) in [6, 6.07) is 5.32. The summed E-state index contributed by atoms with van der Waals surface area (Å²) in [4.78, 5) is 36.9. The normalized spacial score (nSPS) is 23.9. The maximum atomic E-state index is 12.3. The molecule has 0 bridgehead atoms. The van der Waals surface area contributed by atoms with E-state index < -0.39 is 11.9 Å². The van der Waals surface area contributed by atoms with E-state index in [-0.39, 0.29) is 24.5 Å². The van der Waals surface area contributed by atoms with Gasteiger partial charge in [-0.15, -0.1) is 0 Å². The van der Waals surface area contributed by atoms with Crippen LogP contribution in [0, 0.1) is 0 Å². The minimum absolute atomic E-state index is 0.0592. The van der Waals surface area contributed by atoms with Crippen LogP contribution in [0.1, 0.15) is 23.2 Å². The molecule has 2 atom stereocenters. The highest BCUT2D eigenvalue weighted by molar-refractivity contribution is 5.97. The molecule has 2 aliphatic rings. The highest BCUT2D eigenvalue weighted by atomic mass is 16.5. The summed E-state index contributed by atoms with van der Waals surface area (Å²) in [6.45, 7) is 0.685. The van der Waals surface area contributed by atoms with Gasteiger partial charge in [-0.1, -0.05) is 0 Å². The van der Waals surface area contributed by atoms with Gasteiger partial charge in [0.2, 0.25) is 17.7 Å². The second-order valence-electron chi connectivity index (χ2n) is 5.45. The number of ether oxygens (including phenoxy) is 1. The topological polar surface area (TPSA) is 102 Å². The number of amides is 3. The Bertz CT molecular complexity index is 614. The van der Waals surface area contributed by atoms with Gasteiger partial charge in [0.15, 0.2) is 0 Å². The van der Waals surface area contributed by atoms with Crippen LogP contribution in [-0.4, -0.2) is 47.9 Å². The first kappa shape index (κ1) is 14.4. The number of benzene rings is 1. The third kappa shape index (κ3) is 2.61. The van der Waals surface area contributed by atoms with Crippen molar-refractivity contribution in [1.82, 2.24) is 10.2 Å². The maximum Gasteiger partial charge on any atom is 0.249 e. The van der Waals surface area contributed by atoms with Crippen molar-refractivity contribution in [2.75, 3.05) is 13.2 Å². The smallest absolute Gasteiger partial charge is 0.249 e. The Morgan fingerprint density at radius 3 is 2.73 bits per heavy atom. The molecule has 3 amide bonds. The lowest BCUT2D eigenvalue weighted by atomic mass is 10.1. The van der Waals surface area contributed by atoms with Gasteiger partial charge in [0.25, 0.3) is 0 Å². The van der Waals surface area contributed by atoms with Crippen LogP contribution < -0.4 is 15.8 Å². The van der Waals surface area contributed by atoms with Crippen LogP contribution in [0.3, 0.4) is 0 Å². The Morgan fingerprint density at radius 2 is 2.05 bits per heavy atom. The Balaban J connectivity index is 1.62. The second-order valence-corrected chi connectivity index (χ2v) is 5.45. The molecule has 0 radical (unpaired) electrons. The van der Waals surface area contributed by atoms with Gasteiger partial charge < -0.3 is 20.7 Å². The number of hydrogen-bond acceptors (Lipinski definition) is 4. The molecule has 0 aliphatic carbocycles. The Kier molecular flexibility index (Phi) is 3.70. The molecule has 1 aromatic carbocycles. The predicted octanol–water partition coefficient (Wildman–Crippen LogP) is -0.346. The van der Waals surface area contributed by atoms with E-state index in [1.54, 1.807) is 29.2 Å². The Morgan fingerprint density at radius 1 is 1.32 bits per heavy atom. The quantitative estimate of drug-likeness (QED) is 0.794. The minimum atomic E-state index is -0.669. The molecule has 0 spiro atoms. The van der Waals surface area contributed by atoms with E-state index in [0.29, 0.717) is 17.9 Å². The summed E-state index contributed by atoms with van der Waals surface area (Å²) in [5, 5.41) is 2.71. The molecule has 2 aliphatic heterocycles. The zero-order chi connectivity index (χ0) is 15.7. The molecule has 2 heterocycles. The molecule has 3 N–H and O–H groups in total. The lowest BCUT2D eigenvalue weighted by Crippen LogP contribution is -2.62. The van der Waals surface area contributed by atoms with Gasteiger partial charge in [-0.25, -0.2) is 0 Å². The van der Waals surface area contributed by atoms with Crippen molar-refractivity contribution in [3.05, 3.63) is 29.8 Å². The number of hydrogen-bond donors (Lipinski definition) is 2. The summed E-state index contributed by atoms with van der Waals surface area (Å²) in [5.74, 6) is -0.220. The highest BCUT2D eigenvalue weighted by Gasteiger charge is 2.43. The number of nitrogens with zero attached hydrogens (tertiary/aromatic N) is 1. The van der Waals surface area contributed by atoms with E-state index >= 15 is 0 Å². The number of carbonyl (C=O) groups is 3. The standard InChI is InChI=1S/C15H17N3O4/c16-13(19)9-3-5-10(6-4-9)22-8-11-15(21)18-7-1-2-12(18)14(20)17-11/h3-6,11-12H,1-2,7-8H2,(H2,16,19)(H,17,20)/t11-,12+/m0/s1. The zero-order valence-corrected chi connectivity index (χ0v) is 12.0. The van der Waals surface area contributed by atoms with Crippen molar-refractivity contribution in [2.45, 2.75) is 24.9 Å². The van der Waals surface area contributed by atoms with Gasteiger partial charge in [-0.05, 0) is 37.1 Å². The molecule has 22 heavy (non-hydrogen) atoms. The fourth-order valence-electron chi connectivity index (χ4n) is 2.84. The molecule has 2 saturated heterocycles. The van der Waals surface area contributed by atoms with Gasteiger partial charge in [-0.2, -0.15) is 0 Å². The van der Waals surface area contributed by atoms with Crippen LogP contribution in [0.5, 0.6) is 5.75 Å². The van der Waals surface area contributed by atoms with Gasteiger partial charge in [0.1, 0.15) is 24.4 Å². The third-order valence-electron chi connectivity index (χ3n) is 4.01. The van der Waals surface area contributed by atoms with Crippen molar-refractivity contribution in [3.63, 3.8) is 0 Å². The fraction of sp³-hybridized carbons (Fsp3) is 0.400. The van der Waals surface area contributed by atoms with E-state index in [1.165, 1.54) is 0 Å². The van der Waals surface area contributed by atoms with Gasteiger partial charge in [0.05, 0.1) is 0 Å². The number of primary amides is 1. The lowest BCUT2D eigenvalue weighted by molar-refractivity contribution is -0.147. The number of nitrogens with one attached hydrogen (secondary N) is 1. The van der Waals surface area contributed by atoms with E-state index in [1.807, 2.05) is 0 Å². The van der Waals surface area contributed by atoms with Gasteiger partial charge in [-0.3, -0.25) is 14.4 Å². The van der Waals surface area contributed by atoms with Crippen molar-refractivity contribution in [2.24, 2.45) is 5.73 Å². The van der Waals surface area contributed by atoms with Crippen molar-refractivity contribution in [1.29, 1.82) is 0 Å². The number of carbonyl (C=O) groups excluding carboxylic acids is 3. The van der Waals surface area contributed by atoms with Crippen LogP contribution in [0.15, 0.2) is 24.3 Å². The molecule has 7 heteroatoms. The van der Waals surface area contributed by atoms with E-state index in [0.717, 1.165) is 12.8 Å². The van der Waals surface area contributed by atoms with Crippen molar-refractivity contribution < 1.29 is 19.1 Å². The molecule has 7 nitrogen and oxygen atoms in total. The molecule has 2 fully saturated rings. The molecular weight excluding hydrogens is 286 g/mol. The molecule has 0 unspecified atom stereocenters. The third-order valence-corrected chi connectivity index (χ3v) is 4.01. The predicted molar refractivity (Wildman–Crippen MR) is 77.1 cm³/mol. The minimum Gasteiger partial charge on any atom is -0.491 e. The van der Waals surface area contributed by atoms with E-state index in [9.17, 15) is 14.4 Å². The summed E-state index contributed by atoms with van der Waals surface area (Å²) >= 11 is 0. The second kappa shape index (κ2) is 5.67. The maximum absolute atomic E-state index is 12.3. The summed E-state index contributed by atoms with van der Waals surface area (Å²) < 4.78 is 5.53. The molecular formula is C15H17N3O4. The van der Waals surface area contributed by atoms with Crippen molar-refractivity contribution >= 4 is 17.7 Å². The number of piperazine rings is 1. The monoisotopic (exact) mass is 303 g/mol. The van der Waals surface area contributed by atoms with Crippen LogP contribution >= 0.6 is 0 Å². The van der Waals surface area contributed by atoms with Crippen LogP contribution in [0.4, 0.5) is 0 Å². The summed E-state index contributed by atoms with van der Waals surface area (Å²) in [5.41, 5.74) is 5.54. The van der Waals surface area contributed by atoms with Crippen molar-refractivity contribution in [3.8, 4) is 5.75 Å². The fourth-order valence-corrected chi connectivity index (χ4v) is 2.84. The molecule has 0 aromatic heterocycles. The first-order valence-electron chi connectivity index (χ1n) is 7.20. The Hall–Kier alpha value is -2.57. The average molecular weight is 303 g/mol. The van der Waals surface area contributed by atoms with Crippen LogP contribution in [0.25, 0.3) is 0 Å². The molecule has 0 saturated carbocycles. The number of fused-ring (bicyclic) bond motifs is 1. The SMILES string of the molecule is NC(=O)c1ccc(OC[C@@H]2NC(=O)[C@H]3CCCN3C2=O)cc1. The van der Waals surface area contributed by atoms with Gasteiger partial charge >= 0.3 is 0 Å². The number of nitrogens with two attached hydrogens (primary N) is 1. The zero-order valence-electron chi connectivity index (χ0n) is 12.0. The van der Waals surface area contributed by atoms with Crippen LogP contribution in [-0.2, 0) is 9.59 Å². The molecule has 3 rings (SSSR count). The lowest BCUT2D eigenvalue weighted by Gasteiger charge is -2.34. The molecule has 1 aromatic rings. The largest absolute Gasteiger partial charge is 0.491 e. The summed E-state index contributed by atoms with van der Waals surface area (Å²) in [7, 11) is 0. The first-order chi connectivity index (χ1) is 10.6.